The molecule has 0 saturated heterocycles. The summed E-state index contributed by atoms with van der Waals surface area (Å²) in [6.45, 7) is 8.54. The van der Waals surface area contributed by atoms with E-state index in [9.17, 15) is 0 Å². The van der Waals surface area contributed by atoms with Crippen molar-refractivity contribution in [3.05, 3.63) is 52.0 Å². The van der Waals surface area contributed by atoms with Crippen LogP contribution in [0.5, 0.6) is 0 Å². The molecule has 2 rings (SSSR count). The highest BCUT2D eigenvalue weighted by Crippen LogP contribution is 2.23. The molecule has 0 aliphatic carbocycles. The molecule has 0 aliphatic rings. The lowest BCUT2D eigenvalue weighted by Gasteiger charge is -2.21. The van der Waals surface area contributed by atoms with Gasteiger partial charge in [0.1, 0.15) is 5.01 Å². The van der Waals surface area contributed by atoms with Gasteiger partial charge in [-0.15, -0.1) is 11.3 Å². The second-order valence-corrected chi connectivity index (χ2v) is 6.58. The van der Waals surface area contributed by atoms with E-state index in [0.29, 0.717) is 11.8 Å². The maximum atomic E-state index is 4.39. The van der Waals surface area contributed by atoms with Gasteiger partial charge in [0.2, 0.25) is 0 Å². The SMILES string of the molecule is Cc1cnc(CNCC(c2ccccc2)C(C)C)s1. The molecular weight excluding hydrogens is 252 g/mol. The zero-order valence-corrected chi connectivity index (χ0v) is 12.7. The summed E-state index contributed by atoms with van der Waals surface area (Å²) in [7, 11) is 0. The van der Waals surface area contributed by atoms with Crippen LogP contribution in [0.2, 0.25) is 0 Å². The van der Waals surface area contributed by atoms with Crippen molar-refractivity contribution in [1.82, 2.24) is 10.3 Å². The normalized spacial score (nSPS) is 12.8. The van der Waals surface area contributed by atoms with Crippen LogP contribution in [0.4, 0.5) is 0 Å². The minimum Gasteiger partial charge on any atom is -0.310 e. The van der Waals surface area contributed by atoms with E-state index >= 15 is 0 Å². The van der Waals surface area contributed by atoms with Gasteiger partial charge in [-0.3, -0.25) is 0 Å². The fourth-order valence-electron chi connectivity index (χ4n) is 2.26. The van der Waals surface area contributed by atoms with Gasteiger partial charge in [0.05, 0.1) is 0 Å². The lowest BCUT2D eigenvalue weighted by atomic mass is 9.88. The first-order chi connectivity index (χ1) is 9.16. The fourth-order valence-corrected chi connectivity index (χ4v) is 3.01. The van der Waals surface area contributed by atoms with Gasteiger partial charge in [-0.2, -0.15) is 0 Å². The minimum absolute atomic E-state index is 0.558. The number of rotatable bonds is 6. The Morgan fingerprint density at radius 2 is 1.95 bits per heavy atom. The quantitative estimate of drug-likeness (QED) is 0.862. The smallest absolute Gasteiger partial charge is 0.107 e. The van der Waals surface area contributed by atoms with Crippen LogP contribution < -0.4 is 5.32 Å². The highest BCUT2D eigenvalue weighted by atomic mass is 32.1. The predicted molar refractivity (Wildman–Crippen MR) is 82.6 cm³/mol. The maximum Gasteiger partial charge on any atom is 0.107 e. The monoisotopic (exact) mass is 274 g/mol. The standard InChI is InChI=1S/C16H22N2S/c1-12(2)15(14-7-5-4-6-8-14)10-17-11-16-18-9-13(3)19-16/h4-9,12,15,17H,10-11H2,1-3H3. The largest absolute Gasteiger partial charge is 0.310 e. The van der Waals surface area contributed by atoms with Crippen molar-refractivity contribution in [2.24, 2.45) is 5.92 Å². The molecule has 1 aromatic carbocycles. The Morgan fingerprint density at radius 1 is 1.21 bits per heavy atom. The van der Waals surface area contributed by atoms with Crippen molar-refractivity contribution >= 4 is 11.3 Å². The molecule has 1 atom stereocenters. The summed E-state index contributed by atoms with van der Waals surface area (Å²) in [6.07, 6.45) is 1.94. The Labute approximate surface area is 119 Å². The summed E-state index contributed by atoms with van der Waals surface area (Å²) in [4.78, 5) is 5.66. The van der Waals surface area contributed by atoms with Crippen molar-refractivity contribution < 1.29 is 0 Å². The third kappa shape index (κ3) is 4.15. The fraction of sp³-hybridized carbons (Fsp3) is 0.438. The molecule has 0 fully saturated rings. The van der Waals surface area contributed by atoms with E-state index in [2.05, 4.69) is 61.4 Å². The first-order valence-electron chi connectivity index (χ1n) is 6.84. The van der Waals surface area contributed by atoms with E-state index < -0.39 is 0 Å². The molecule has 3 heteroatoms. The van der Waals surface area contributed by atoms with E-state index in [1.807, 2.05) is 6.20 Å². The van der Waals surface area contributed by atoms with Crippen LogP contribution in [0.3, 0.4) is 0 Å². The molecule has 1 N–H and O–H groups in total. The molecule has 0 aliphatic heterocycles. The van der Waals surface area contributed by atoms with Crippen LogP contribution in [-0.2, 0) is 6.54 Å². The van der Waals surface area contributed by atoms with Crippen molar-refractivity contribution in [1.29, 1.82) is 0 Å². The number of thiazole rings is 1. The number of hydrogen-bond acceptors (Lipinski definition) is 3. The first-order valence-corrected chi connectivity index (χ1v) is 7.65. The van der Waals surface area contributed by atoms with Crippen LogP contribution in [0, 0.1) is 12.8 Å². The van der Waals surface area contributed by atoms with E-state index in [4.69, 9.17) is 0 Å². The Morgan fingerprint density at radius 3 is 2.53 bits per heavy atom. The number of nitrogens with zero attached hydrogens (tertiary/aromatic N) is 1. The van der Waals surface area contributed by atoms with Crippen LogP contribution in [0.25, 0.3) is 0 Å². The van der Waals surface area contributed by atoms with Crippen molar-refractivity contribution in [2.45, 2.75) is 33.2 Å². The molecule has 2 aromatic rings. The van der Waals surface area contributed by atoms with E-state index in [1.165, 1.54) is 15.4 Å². The third-order valence-electron chi connectivity index (χ3n) is 3.34. The molecule has 1 heterocycles. The van der Waals surface area contributed by atoms with Gasteiger partial charge >= 0.3 is 0 Å². The van der Waals surface area contributed by atoms with Crippen molar-refractivity contribution in [3.63, 3.8) is 0 Å². The predicted octanol–water partition coefficient (Wildman–Crippen LogP) is 3.98. The second kappa shape index (κ2) is 6.83. The molecule has 0 spiro atoms. The summed E-state index contributed by atoms with van der Waals surface area (Å²) in [6, 6.07) is 10.8. The molecule has 0 bridgehead atoms. The zero-order chi connectivity index (χ0) is 13.7. The van der Waals surface area contributed by atoms with Gasteiger partial charge in [-0.25, -0.2) is 4.98 Å². The topological polar surface area (TPSA) is 24.9 Å². The first kappa shape index (κ1) is 14.2. The van der Waals surface area contributed by atoms with E-state index in [1.54, 1.807) is 11.3 Å². The number of hydrogen-bond donors (Lipinski definition) is 1. The molecular formula is C16H22N2S. The highest BCUT2D eigenvalue weighted by molar-refractivity contribution is 7.11. The molecule has 19 heavy (non-hydrogen) atoms. The molecule has 0 amide bonds. The second-order valence-electron chi connectivity index (χ2n) is 5.26. The summed E-state index contributed by atoms with van der Waals surface area (Å²) >= 11 is 1.77. The molecule has 2 nitrogen and oxygen atoms in total. The Hall–Kier alpha value is -1.19. The Kier molecular flexibility index (Phi) is 5.11. The van der Waals surface area contributed by atoms with Crippen LogP contribution in [-0.4, -0.2) is 11.5 Å². The van der Waals surface area contributed by atoms with Crippen LogP contribution >= 0.6 is 11.3 Å². The summed E-state index contributed by atoms with van der Waals surface area (Å²) < 4.78 is 0. The van der Waals surface area contributed by atoms with Gasteiger partial charge in [0, 0.05) is 24.2 Å². The maximum absolute atomic E-state index is 4.39. The van der Waals surface area contributed by atoms with Crippen molar-refractivity contribution in [2.75, 3.05) is 6.54 Å². The number of nitrogens with one attached hydrogen (secondary N) is 1. The van der Waals surface area contributed by atoms with Crippen LogP contribution in [0.1, 0.15) is 35.2 Å². The zero-order valence-electron chi connectivity index (χ0n) is 11.9. The number of benzene rings is 1. The Bertz CT molecular complexity index is 490. The third-order valence-corrected chi connectivity index (χ3v) is 4.25. The van der Waals surface area contributed by atoms with E-state index in [0.717, 1.165) is 13.1 Å². The lowest BCUT2D eigenvalue weighted by molar-refractivity contribution is 0.461. The molecule has 0 radical (unpaired) electrons. The minimum atomic E-state index is 0.558. The van der Waals surface area contributed by atoms with Crippen LogP contribution in [0.15, 0.2) is 36.5 Å². The van der Waals surface area contributed by atoms with Gasteiger partial charge in [0.25, 0.3) is 0 Å². The van der Waals surface area contributed by atoms with Crippen molar-refractivity contribution in [3.8, 4) is 0 Å². The molecule has 102 valence electrons. The van der Waals surface area contributed by atoms with E-state index in [-0.39, 0.29) is 0 Å². The summed E-state index contributed by atoms with van der Waals surface area (Å²) in [5.74, 6) is 1.19. The molecule has 1 aromatic heterocycles. The van der Waals surface area contributed by atoms with Gasteiger partial charge in [-0.1, -0.05) is 44.2 Å². The average Bonchev–Trinajstić information content (AvgIpc) is 2.81. The molecule has 1 unspecified atom stereocenters. The van der Waals surface area contributed by atoms with Gasteiger partial charge < -0.3 is 5.32 Å². The van der Waals surface area contributed by atoms with Gasteiger partial charge in [-0.05, 0) is 24.3 Å². The number of aryl methyl sites for hydroxylation is 1. The van der Waals surface area contributed by atoms with Gasteiger partial charge in [0.15, 0.2) is 0 Å². The average molecular weight is 274 g/mol. The highest BCUT2D eigenvalue weighted by Gasteiger charge is 2.15. The summed E-state index contributed by atoms with van der Waals surface area (Å²) in [5, 5.41) is 4.72. The summed E-state index contributed by atoms with van der Waals surface area (Å²) in [5.41, 5.74) is 1.42. The number of aromatic nitrogens is 1. The Balaban J connectivity index is 1.91. The molecule has 0 saturated carbocycles. The lowest BCUT2D eigenvalue weighted by Crippen LogP contribution is -2.24.